The summed E-state index contributed by atoms with van der Waals surface area (Å²) in [6.07, 6.45) is -12.4. The summed E-state index contributed by atoms with van der Waals surface area (Å²) < 4.78 is 94.8. The van der Waals surface area contributed by atoms with E-state index in [9.17, 15) is 78.9 Å². The molecule has 0 spiro atoms. The van der Waals surface area contributed by atoms with Crippen LogP contribution in [0.2, 0.25) is 0 Å². The number of Topliss-reactive ketones (excluding diaryl/α,β-unsaturated/α-hetero) is 1. The van der Waals surface area contributed by atoms with Gasteiger partial charge in [0, 0.05) is 72.7 Å². The van der Waals surface area contributed by atoms with Gasteiger partial charge in [-0.25, -0.2) is 13.6 Å². The maximum absolute atomic E-state index is 18.3. The predicted octanol–water partition coefficient (Wildman–Crippen LogP) is 0.811. The Morgan fingerprint density at radius 3 is 2.09 bits per heavy atom. The molecule has 752 valence electrons. The number of nitrogens with zero attached hydrogens (tertiary/aromatic N) is 2. The first-order valence-corrected chi connectivity index (χ1v) is 47.7. The molecule has 12 rings (SSSR count). The van der Waals surface area contributed by atoms with Gasteiger partial charge in [0.1, 0.15) is 67.5 Å². The van der Waals surface area contributed by atoms with E-state index in [0.29, 0.717) is 62.2 Å². The molecule has 10 aliphatic rings. The number of alkyl halides is 2. The van der Waals surface area contributed by atoms with Gasteiger partial charge in [-0.3, -0.25) is 48.2 Å². The van der Waals surface area contributed by atoms with Gasteiger partial charge < -0.3 is 136 Å². The van der Waals surface area contributed by atoms with Crippen molar-refractivity contribution in [1.29, 1.82) is 0 Å². The number of hydrogen-bond acceptors (Lipinski definition) is 30. The predicted molar refractivity (Wildman–Crippen MR) is 481 cm³/mol. The van der Waals surface area contributed by atoms with Crippen LogP contribution in [0.5, 0.6) is 0 Å². The maximum atomic E-state index is 18.3. The topological polar surface area (TPSA) is 545 Å². The molecule has 2 aromatic rings. The van der Waals surface area contributed by atoms with Crippen molar-refractivity contribution in [2.75, 3.05) is 104 Å². The minimum Gasteiger partial charge on any atom is -0.394 e. The molecule has 5 aliphatic carbocycles. The van der Waals surface area contributed by atoms with Crippen LogP contribution in [0.3, 0.4) is 0 Å². The molecular formula is C95H136F2N12O27. The molecule has 0 radical (unpaired) electrons. The number of primary amides is 1. The molecule has 5 heterocycles. The third-order valence-electron chi connectivity index (χ3n) is 28.1. The molecular weight excluding hydrogens is 1780 g/mol. The number of aliphatic hydroxyl groups is 7. The number of halogens is 2. The number of aliphatic hydroxyl groups excluding tert-OH is 7. The summed E-state index contributed by atoms with van der Waals surface area (Å²) in [5.41, 5.74) is 8.10. The molecule has 2 aromatic carbocycles. The second-order valence-electron chi connectivity index (χ2n) is 37.3. The number of hydrazine groups is 2. The molecule has 9 amide bonds. The third-order valence-corrected chi connectivity index (χ3v) is 28.1. The number of ketones is 2. The molecule has 0 aromatic heterocycles. The highest BCUT2D eigenvalue weighted by Gasteiger charge is 2.80. The standard InChI is InChI=1S/C95H136F2N12O27/c1-7-18-78-134-73-47-60-61-46-63(96)62-45-59(112)31-33-92(62,5)94(61,97)71(113)48-93(60,6)95(73,136-78)72(114)49-102-86(123)64(23-17-35-101-91(98)126)104-88(125)79(54(2)3)105-87(124)65(103-75(116)32-37-127-39-41-129-43-44-130-42-40-128-38-36-100-74(115)29-30-77(118)108-50-58-21-12-11-19-56(58)27-28-57-20-13-14-24-66(57)108)22-15-16-34-99-76(117)53-131-68-26-10-8-9-25-67-80(68)106-107-109(67)89-83(121)82(120)85(70(52-111)132-89)135-90-84(122)81(119)55(4)69(51-110)133-90/h11-14,19-21,24,31,33,45,54-55,60-61,63-65,68-71,73,78-79,81-85,89-90,106-107,110-111,113,119-122H,7-10,15-18,22-23,25-26,29-30,32,34-44,46-53H2,1-6H3,(H,99,117)(H,100,115)(H,102,123)(H,103,116)(H,104,125)(H,105,124)(H3,98,101,126)/t55-,60+,61+,63+,64+,65-,68?,69-,70-,71+,73-,78?,79+,81+,82-,83-,84-,85-,89+,90-,92+,93+,94+,95-/m1/s1. The number of anilines is 1. The zero-order valence-corrected chi connectivity index (χ0v) is 78.0. The number of unbranched alkanes of at least 4 members (excludes halogenated alkanes) is 1. The van der Waals surface area contributed by atoms with E-state index < -0.39 is 230 Å². The number of rotatable bonds is 47. The first-order chi connectivity index (χ1) is 65.2. The molecule has 136 heavy (non-hydrogen) atoms. The van der Waals surface area contributed by atoms with Crippen LogP contribution in [0.25, 0.3) is 0 Å². The molecule has 2 unspecified atom stereocenters. The Bertz CT molecular complexity index is 4660. The van der Waals surface area contributed by atoms with Crippen LogP contribution < -0.4 is 58.8 Å². The highest BCUT2D eigenvalue weighted by molar-refractivity contribution is 6.02. The Morgan fingerprint density at radius 2 is 1.37 bits per heavy atom. The number of carbonyl (C=O) groups excluding carboxylic acids is 10. The first-order valence-electron chi connectivity index (χ1n) is 47.7. The average molecular weight is 1920 g/mol. The van der Waals surface area contributed by atoms with Gasteiger partial charge in [-0.1, -0.05) is 102 Å². The smallest absolute Gasteiger partial charge is 0.312 e. The number of hydrogen-bond donors (Lipinski definition) is 17. The highest BCUT2D eigenvalue weighted by atomic mass is 19.1. The van der Waals surface area contributed by atoms with Gasteiger partial charge in [-0.2, -0.15) is 0 Å². The van der Waals surface area contributed by atoms with Gasteiger partial charge >= 0.3 is 6.03 Å². The number of fused-ring (bicyclic) bond motifs is 9. The Morgan fingerprint density at radius 1 is 0.691 bits per heavy atom. The number of urea groups is 1. The Kier molecular flexibility index (Phi) is 37.8. The maximum Gasteiger partial charge on any atom is 0.312 e. The lowest BCUT2D eigenvalue weighted by molar-refractivity contribution is -0.344. The van der Waals surface area contributed by atoms with Crippen molar-refractivity contribution in [2.45, 2.75) is 279 Å². The van der Waals surface area contributed by atoms with Crippen LogP contribution in [0.1, 0.15) is 174 Å². The summed E-state index contributed by atoms with van der Waals surface area (Å²) in [6, 6.07) is 10.1. The van der Waals surface area contributed by atoms with Crippen LogP contribution in [0, 0.1) is 46.3 Å². The average Bonchev–Trinajstić information content (AvgIpc) is 1.34. The minimum atomic E-state index is -2.49. The van der Waals surface area contributed by atoms with Crippen molar-refractivity contribution in [3.8, 4) is 11.8 Å². The monoisotopic (exact) mass is 1910 g/mol. The SMILES string of the molecule is CCCC1O[C@@H]2C[C@H]3[C@@H]4C[C@H](F)C5=CC(=O)C=C[C@]5(C)[C@@]4(F)[C@@H](O)C[C@]3(C)[C@]2(C(=O)CNC(=O)[C@H](CCCNC(N)=O)NC(=O)[C@@H](NC(=O)[C@@H](CCCCNC(=O)COC2CCCCCC3=C2NNN3[C@H]2O[C@H](CO)[C@@H](O[C@H]3O[C@H](CO)[C@@H](C)[C@H](O)[C@H]3O)[C@H](O)[C@H]2O)NC(=O)CCOCCOCCOCCOCCNC(=O)CCC(=O)N2Cc3ccccc3C#Cc3ccccc32)C(C)C)O1. The summed E-state index contributed by atoms with van der Waals surface area (Å²) in [7, 11) is 0. The van der Waals surface area contributed by atoms with Crippen molar-refractivity contribution in [1.82, 2.24) is 53.2 Å². The normalized spacial score (nSPS) is 31.0. The van der Waals surface area contributed by atoms with E-state index in [4.69, 9.17) is 53.1 Å². The van der Waals surface area contributed by atoms with Crippen molar-refractivity contribution >= 4 is 64.6 Å². The fraction of sp³-hybridized carbons (Fsp3) is 0.684. The zero-order valence-electron chi connectivity index (χ0n) is 78.0. The molecule has 3 saturated heterocycles. The van der Waals surface area contributed by atoms with E-state index in [-0.39, 0.29) is 154 Å². The quantitative estimate of drug-likeness (QED) is 0.0322. The molecule has 3 saturated carbocycles. The summed E-state index contributed by atoms with van der Waals surface area (Å²) in [4.78, 5) is 140. The Labute approximate surface area is 789 Å². The number of benzene rings is 2. The van der Waals surface area contributed by atoms with E-state index in [2.05, 4.69) is 60.0 Å². The van der Waals surface area contributed by atoms with Gasteiger partial charge in [0.25, 0.3) is 0 Å². The molecule has 0 bridgehead atoms. The van der Waals surface area contributed by atoms with Crippen molar-refractivity contribution in [2.24, 2.45) is 40.2 Å². The highest BCUT2D eigenvalue weighted by Crippen LogP contribution is 2.72. The zero-order chi connectivity index (χ0) is 97.8. The van der Waals surface area contributed by atoms with E-state index in [1.165, 1.54) is 24.1 Å². The lowest BCUT2D eigenvalue weighted by Gasteiger charge is -2.63. The van der Waals surface area contributed by atoms with Gasteiger partial charge in [0.2, 0.25) is 41.4 Å². The van der Waals surface area contributed by atoms with Gasteiger partial charge in [-0.15, -0.1) is 5.53 Å². The second-order valence-corrected chi connectivity index (χ2v) is 37.3. The first kappa shape index (κ1) is 106. The molecule has 24 atom stereocenters. The summed E-state index contributed by atoms with van der Waals surface area (Å²) in [5.74, 6) is -2.34. The van der Waals surface area contributed by atoms with Gasteiger partial charge in [0.05, 0.1) is 121 Å². The van der Waals surface area contributed by atoms with Gasteiger partial charge in [0.15, 0.2) is 41.6 Å². The molecule has 18 N–H and O–H groups in total. The Balaban J connectivity index is 0.629. The number of para-hydroxylation sites is 1. The second kappa shape index (κ2) is 48.6. The number of ether oxygens (including phenoxy) is 10. The number of carbonyl (C=O) groups is 10. The summed E-state index contributed by atoms with van der Waals surface area (Å²) >= 11 is 0. The van der Waals surface area contributed by atoms with Crippen LogP contribution in [-0.4, -0.2) is 314 Å². The fourth-order valence-electron chi connectivity index (χ4n) is 20.7. The fourth-order valence-corrected chi connectivity index (χ4v) is 20.7. The number of nitrogens with two attached hydrogens (primary N) is 1. The summed E-state index contributed by atoms with van der Waals surface area (Å²) in [6.45, 7) is 9.25. The van der Waals surface area contributed by atoms with Crippen molar-refractivity contribution in [3.63, 3.8) is 0 Å². The van der Waals surface area contributed by atoms with Crippen LogP contribution in [0.4, 0.5) is 19.3 Å². The molecule has 39 nitrogen and oxygen atoms in total. The number of nitrogens with one attached hydrogen (secondary N) is 9. The molecule has 5 aliphatic heterocycles. The lowest BCUT2D eigenvalue weighted by atomic mass is 9.44. The third kappa shape index (κ3) is 24.5. The van der Waals surface area contributed by atoms with Crippen molar-refractivity contribution < 1.29 is 140 Å². The van der Waals surface area contributed by atoms with E-state index in [0.717, 1.165) is 29.2 Å². The number of amides is 9. The van der Waals surface area contributed by atoms with E-state index >= 15 is 13.6 Å². The van der Waals surface area contributed by atoms with Crippen LogP contribution in [0.15, 0.2) is 83.7 Å². The largest absolute Gasteiger partial charge is 0.394 e. The molecule has 6 fully saturated rings. The van der Waals surface area contributed by atoms with Gasteiger partial charge in [-0.05, 0) is 137 Å². The Hall–Kier alpha value is -9.14. The number of allylic oxidation sites excluding steroid dienone is 5. The van der Waals surface area contributed by atoms with E-state index in [1.54, 1.807) is 32.6 Å². The van der Waals surface area contributed by atoms with E-state index in [1.807, 2.05) is 55.5 Å². The molecule has 41 heteroatoms. The van der Waals surface area contributed by atoms with Crippen LogP contribution in [-0.2, 0) is 97.1 Å². The van der Waals surface area contributed by atoms with Crippen LogP contribution >= 0.6 is 0 Å². The lowest BCUT2D eigenvalue weighted by Crippen LogP contribution is -2.71. The minimum absolute atomic E-state index is 0.00656. The van der Waals surface area contributed by atoms with Crippen molar-refractivity contribution in [3.05, 3.63) is 100 Å². The summed E-state index contributed by atoms with van der Waals surface area (Å²) in [5, 5.41) is 97.9.